The van der Waals surface area contributed by atoms with Gasteiger partial charge in [0.15, 0.2) is 5.58 Å². The second-order valence-corrected chi connectivity index (χ2v) is 6.49. The van der Waals surface area contributed by atoms with Crippen LogP contribution in [0.1, 0.15) is 44.6 Å². The fraction of sp³-hybridized carbons (Fsp3) is 0.500. The number of fused-ring (bicyclic) bond motifs is 1. The maximum absolute atomic E-state index is 6.28. The van der Waals surface area contributed by atoms with E-state index in [0.29, 0.717) is 5.02 Å². The van der Waals surface area contributed by atoms with E-state index in [2.05, 4.69) is 46.0 Å². The average molecular weight is 280 g/mol. The molecule has 1 heterocycles. The number of rotatable bonds is 3. The molecule has 0 aliphatic carbocycles. The van der Waals surface area contributed by atoms with E-state index in [4.69, 9.17) is 16.0 Å². The highest BCUT2D eigenvalue weighted by Crippen LogP contribution is 2.33. The van der Waals surface area contributed by atoms with Gasteiger partial charge in [0.05, 0.1) is 11.6 Å². The van der Waals surface area contributed by atoms with Crippen molar-refractivity contribution in [2.45, 2.75) is 53.1 Å². The second kappa shape index (κ2) is 5.18. The molecule has 0 spiro atoms. The molecule has 0 unspecified atom stereocenters. The summed E-state index contributed by atoms with van der Waals surface area (Å²) < 4.78 is 5.98. The van der Waals surface area contributed by atoms with E-state index in [1.54, 1.807) is 0 Å². The van der Waals surface area contributed by atoms with Gasteiger partial charge in [-0.05, 0) is 51.8 Å². The largest absolute Gasteiger partial charge is 0.458 e. The molecular weight excluding hydrogens is 258 g/mol. The SMILES string of the molecule is CCc1c(CNC(C)(C)C)oc2c(Cl)cc(C)cc12. The van der Waals surface area contributed by atoms with Crippen molar-refractivity contribution in [3.8, 4) is 0 Å². The van der Waals surface area contributed by atoms with Gasteiger partial charge >= 0.3 is 0 Å². The minimum atomic E-state index is 0.0731. The lowest BCUT2D eigenvalue weighted by molar-refractivity contribution is 0.393. The Balaban J connectivity index is 2.47. The number of hydrogen-bond donors (Lipinski definition) is 1. The van der Waals surface area contributed by atoms with Gasteiger partial charge in [-0.15, -0.1) is 0 Å². The molecule has 0 atom stereocenters. The zero-order valence-corrected chi connectivity index (χ0v) is 13.1. The molecule has 0 saturated carbocycles. The number of nitrogens with one attached hydrogen (secondary N) is 1. The van der Waals surface area contributed by atoms with Crippen molar-refractivity contribution in [1.82, 2.24) is 5.32 Å². The fourth-order valence-electron chi connectivity index (χ4n) is 2.27. The van der Waals surface area contributed by atoms with Gasteiger partial charge in [0.2, 0.25) is 0 Å². The van der Waals surface area contributed by atoms with Crippen LogP contribution in [0.2, 0.25) is 5.02 Å². The van der Waals surface area contributed by atoms with Crippen molar-refractivity contribution >= 4 is 22.6 Å². The summed E-state index contributed by atoms with van der Waals surface area (Å²) in [6, 6.07) is 4.11. The third-order valence-corrected chi connectivity index (χ3v) is 3.49. The Labute approximate surface area is 120 Å². The van der Waals surface area contributed by atoms with E-state index in [9.17, 15) is 0 Å². The van der Waals surface area contributed by atoms with Crippen LogP contribution in [0, 0.1) is 6.92 Å². The van der Waals surface area contributed by atoms with Gasteiger partial charge < -0.3 is 9.73 Å². The second-order valence-electron chi connectivity index (χ2n) is 6.08. The third kappa shape index (κ3) is 3.13. The lowest BCUT2D eigenvalue weighted by atomic mass is 10.0. The summed E-state index contributed by atoms with van der Waals surface area (Å²) in [4.78, 5) is 0. The monoisotopic (exact) mass is 279 g/mol. The number of furan rings is 1. The Bertz CT molecular complexity index is 593. The standard InChI is InChI=1S/C16H22ClNO/c1-6-11-12-7-10(2)8-13(17)15(12)19-14(11)9-18-16(3,4)5/h7-8,18H,6,9H2,1-5H3. The van der Waals surface area contributed by atoms with E-state index in [0.717, 1.165) is 29.7 Å². The molecule has 0 bridgehead atoms. The first-order valence-corrected chi connectivity index (χ1v) is 7.15. The van der Waals surface area contributed by atoms with Gasteiger partial charge in [-0.25, -0.2) is 0 Å². The van der Waals surface area contributed by atoms with E-state index >= 15 is 0 Å². The molecule has 0 aliphatic rings. The van der Waals surface area contributed by atoms with Crippen molar-refractivity contribution in [2.24, 2.45) is 0 Å². The topological polar surface area (TPSA) is 25.2 Å². The Morgan fingerprint density at radius 2 is 1.95 bits per heavy atom. The van der Waals surface area contributed by atoms with E-state index < -0.39 is 0 Å². The zero-order chi connectivity index (χ0) is 14.2. The predicted molar refractivity (Wildman–Crippen MR) is 81.9 cm³/mol. The Morgan fingerprint density at radius 3 is 2.53 bits per heavy atom. The van der Waals surface area contributed by atoms with Crippen molar-refractivity contribution < 1.29 is 4.42 Å². The van der Waals surface area contributed by atoms with Crippen LogP contribution in [0.15, 0.2) is 16.5 Å². The smallest absolute Gasteiger partial charge is 0.153 e. The molecule has 0 amide bonds. The van der Waals surface area contributed by atoms with Crippen LogP contribution in [-0.2, 0) is 13.0 Å². The first-order chi connectivity index (χ1) is 8.81. The van der Waals surface area contributed by atoms with Crippen LogP contribution >= 0.6 is 11.6 Å². The molecule has 3 heteroatoms. The molecular formula is C16H22ClNO. The van der Waals surface area contributed by atoms with Gasteiger partial charge in [0.1, 0.15) is 5.76 Å². The molecule has 2 aromatic rings. The molecule has 1 aromatic carbocycles. The highest BCUT2D eigenvalue weighted by molar-refractivity contribution is 6.35. The van der Waals surface area contributed by atoms with Gasteiger partial charge in [-0.3, -0.25) is 0 Å². The molecule has 0 saturated heterocycles. The summed E-state index contributed by atoms with van der Waals surface area (Å²) in [5.74, 6) is 1.000. The Kier molecular flexibility index (Phi) is 3.93. The molecule has 1 N–H and O–H groups in total. The van der Waals surface area contributed by atoms with Gasteiger partial charge in [0.25, 0.3) is 0 Å². The molecule has 0 fully saturated rings. The predicted octanol–water partition coefficient (Wildman–Crippen LogP) is 4.85. The Morgan fingerprint density at radius 1 is 1.26 bits per heavy atom. The van der Waals surface area contributed by atoms with Crippen molar-refractivity contribution in [2.75, 3.05) is 0 Å². The van der Waals surface area contributed by atoms with Crippen molar-refractivity contribution in [1.29, 1.82) is 0 Å². The molecule has 104 valence electrons. The minimum absolute atomic E-state index is 0.0731. The lowest BCUT2D eigenvalue weighted by Gasteiger charge is -2.19. The minimum Gasteiger partial charge on any atom is -0.458 e. The maximum atomic E-state index is 6.28. The zero-order valence-electron chi connectivity index (χ0n) is 12.4. The highest BCUT2D eigenvalue weighted by atomic mass is 35.5. The summed E-state index contributed by atoms with van der Waals surface area (Å²) in [5, 5.41) is 5.32. The molecule has 2 nitrogen and oxygen atoms in total. The van der Waals surface area contributed by atoms with Crippen LogP contribution in [0.3, 0.4) is 0 Å². The normalized spacial score (nSPS) is 12.3. The first-order valence-electron chi connectivity index (χ1n) is 6.77. The van der Waals surface area contributed by atoms with Gasteiger partial charge in [0, 0.05) is 16.5 Å². The summed E-state index contributed by atoms with van der Waals surface area (Å²) in [7, 11) is 0. The first kappa shape index (κ1) is 14.4. The fourth-order valence-corrected chi connectivity index (χ4v) is 2.58. The molecule has 19 heavy (non-hydrogen) atoms. The van der Waals surface area contributed by atoms with Gasteiger partial charge in [-0.2, -0.15) is 0 Å². The van der Waals surface area contributed by atoms with Crippen LogP contribution < -0.4 is 5.32 Å². The van der Waals surface area contributed by atoms with Crippen LogP contribution in [0.4, 0.5) is 0 Å². The van der Waals surface area contributed by atoms with Crippen LogP contribution in [0.25, 0.3) is 11.0 Å². The van der Waals surface area contributed by atoms with E-state index in [1.165, 1.54) is 11.1 Å². The number of halogens is 1. The number of benzene rings is 1. The van der Waals surface area contributed by atoms with Crippen molar-refractivity contribution in [3.63, 3.8) is 0 Å². The van der Waals surface area contributed by atoms with Crippen LogP contribution in [-0.4, -0.2) is 5.54 Å². The average Bonchev–Trinajstić information content (AvgIpc) is 2.63. The highest BCUT2D eigenvalue weighted by Gasteiger charge is 2.17. The van der Waals surface area contributed by atoms with E-state index in [-0.39, 0.29) is 5.54 Å². The van der Waals surface area contributed by atoms with Gasteiger partial charge in [-0.1, -0.05) is 18.5 Å². The Hall–Kier alpha value is -0.990. The number of hydrogen-bond acceptors (Lipinski definition) is 2. The summed E-state index contributed by atoms with van der Waals surface area (Å²) in [6.07, 6.45) is 0.952. The molecule has 2 rings (SSSR count). The maximum Gasteiger partial charge on any atom is 0.153 e. The number of aryl methyl sites for hydroxylation is 2. The lowest BCUT2D eigenvalue weighted by Crippen LogP contribution is -2.35. The third-order valence-electron chi connectivity index (χ3n) is 3.21. The molecule has 0 radical (unpaired) electrons. The molecule has 1 aromatic heterocycles. The summed E-state index contributed by atoms with van der Waals surface area (Å²) in [6.45, 7) is 11.4. The van der Waals surface area contributed by atoms with Crippen molar-refractivity contribution in [3.05, 3.63) is 34.0 Å². The summed E-state index contributed by atoms with van der Waals surface area (Å²) >= 11 is 6.28. The molecule has 0 aliphatic heterocycles. The van der Waals surface area contributed by atoms with E-state index in [1.807, 2.05) is 6.07 Å². The summed E-state index contributed by atoms with van der Waals surface area (Å²) in [5.41, 5.74) is 3.32. The van der Waals surface area contributed by atoms with Crippen LogP contribution in [0.5, 0.6) is 0 Å². The quantitative estimate of drug-likeness (QED) is 0.869.